The Bertz CT molecular complexity index is 1170. The molecule has 0 aliphatic heterocycles. The van der Waals surface area contributed by atoms with Crippen molar-refractivity contribution in [2.75, 3.05) is 10.6 Å². The van der Waals surface area contributed by atoms with Crippen molar-refractivity contribution < 1.29 is 4.79 Å². The van der Waals surface area contributed by atoms with Crippen LogP contribution in [0.5, 0.6) is 0 Å². The van der Waals surface area contributed by atoms with Crippen molar-refractivity contribution >= 4 is 39.0 Å². The largest absolute Gasteiger partial charge is 0.340 e. The maximum Gasteiger partial charge on any atom is 0.255 e. The number of amides is 1. The Labute approximate surface area is 183 Å². The summed E-state index contributed by atoms with van der Waals surface area (Å²) in [7, 11) is 0. The lowest BCUT2D eigenvalue weighted by Crippen LogP contribution is -2.12. The Morgan fingerprint density at radius 3 is 2.40 bits per heavy atom. The summed E-state index contributed by atoms with van der Waals surface area (Å²) in [6.07, 6.45) is 1.53. The number of benzene rings is 3. The first-order chi connectivity index (χ1) is 14.6. The Balaban J connectivity index is 1.50. The maximum atomic E-state index is 12.6. The molecule has 1 heterocycles. The summed E-state index contributed by atoms with van der Waals surface area (Å²) >= 11 is 3.39. The van der Waals surface area contributed by atoms with Gasteiger partial charge in [-0.3, -0.25) is 4.79 Å². The number of carbonyl (C=O) groups is 1. The van der Waals surface area contributed by atoms with Crippen LogP contribution in [-0.4, -0.2) is 15.9 Å². The zero-order valence-corrected chi connectivity index (χ0v) is 17.8. The van der Waals surface area contributed by atoms with Crippen LogP contribution in [0, 0.1) is 6.92 Å². The van der Waals surface area contributed by atoms with Crippen LogP contribution in [0.4, 0.5) is 17.2 Å². The van der Waals surface area contributed by atoms with Crippen molar-refractivity contribution in [3.05, 3.63) is 101 Å². The Kier molecular flexibility index (Phi) is 5.86. The molecule has 0 saturated carbocycles. The molecule has 4 rings (SSSR count). The summed E-state index contributed by atoms with van der Waals surface area (Å²) < 4.78 is 0.960. The van der Waals surface area contributed by atoms with Gasteiger partial charge in [-0.05, 0) is 49.4 Å². The molecule has 3 aromatic carbocycles. The Morgan fingerprint density at radius 1 is 0.867 bits per heavy atom. The molecular formula is C24H19BrN4O. The van der Waals surface area contributed by atoms with Crippen LogP contribution in [0.15, 0.2) is 89.7 Å². The van der Waals surface area contributed by atoms with Gasteiger partial charge in [0, 0.05) is 33.0 Å². The van der Waals surface area contributed by atoms with Gasteiger partial charge in [-0.2, -0.15) is 0 Å². The molecule has 0 saturated heterocycles. The molecule has 2 N–H and O–H groups in total. The summed E-state index contributed by atoms with van der Waals surface area (Å²) in [5.74, 6) is 0.482. The minimum atomic E-state index is -0.177. The second-order valence-corrected chi connectivity index (χ2v) is 7.74. The summed E-state index contributed by atoms with van der Waals surface area (Å²) in [5, 5.41) is 6.15. The first-order valence-electron chi connectivity index (χ1n) is 9.40. The van der Waals surface area contributed by atoms with Crippen LogP contribution in [0.2, 0.25) is 0 Å². The lowest BCUT2D eigenvalue weighted by atomic mass is 10.1. The van der Waals surface area contributed by atoms with Gasteiger partial charge in [-0.1, -0.05) is 51.8 Å². The van der Waals surface area contributed by atoms with Crippen molar-refractivity contribution in [1.82, 2.24) is 9.97 Å². The molecule has 0 aliphatic rings. The monoisotopic (exact) mass is 458 g/mol. The molecule has 0 aliphatic carbocycles. The SMILES string of the molecule is Cc1ccc(-c2cc(Nc3cccc(C(=O)Nc4ccc(Br)cc4)c3)ncn2)cc1. The number of nitrogens with zero attached hydrogens (tertiary/aromatic N) is 2. The van der Waals surface area contributed by atoms with Crippen LogP contribution in [0.25, 0.3) is 11.3 Å². The predicted octanol–water partition coefficient (Wildman–Crippen LogP) is 6.21. The smallest absolute Gasteiger partial charge is 0.255 e. The van der Waals surface area contributed by atoms with Gasteiger partial charge in [-0.15, -0.1) is 0 Å². The van der Waals surface area contributed by atoms with Gasteiger partial charge < -0.3 is 10.6 Å². The van der Waals surface area contributed by atoms with Crippen molar-refractivity contribution in [1.29, 1.82) is 0 Å². The van der Waals surface area contributed by atoms with Crippen LogP contribution in [0.3, 0.4) is 0 Å². The quantitative estimate of drug-likeness (QED) is 0.372. The third-order valence-corrected chi connectivity index (χ3v) is 5.04. The normalized spacial score (nSPS) is 10.5. The molecular weight excluding hydrogens is 440 g/mol. The Hall–Kier alpha value is -3.51. The van der Waals surface area contributed by atoms with Gasteiger partial charge in [0.1, 0.15) is 12.1 Å². The van der Waals surface area contributed by atoms with E-state index in [2.05, 4.69) is 55.6 Å². The molecule has 0 spiro atoms. The molecule has 1 amide bonds. The van der Waals surface area contributed by atoms with E-state index >= 15 is 0 Å². The van der Waals surface area contributed by atoms with Crippen LogP contribution in [0.1, 0.15) is 15.9 Å². The van der Waals surface area contributed by atoms with Gasteiger partial charge >= 0.3 is 0 Å². The van der Waals surface area contributed by atoms with Crippen LogP contribution in [-0.2, 0) is 0 Å². The van der Waals surface area contributed by atoms with E-state index in [9.17, 15) is 4.79 Å². The second-order valence-electron chi connectivity index (χ2n) is 6.82. The number of carbonyl (C=O) groups excluding carboxylic acids is 1. The van der Waals surface area contributed by atoms with E-state index in [0.717, 1.165) is 27.1 Å². The van der Waals surface area contributed by atoms with Crippen molar-refractivity contribution in [2.24, 2.45) is 0 Å². The number of aromatic nitrogens is 2. The number of anilines is 3. The summed E-state index contributed by atoms with van der Waals surface area (Å²) in [6, 6.07) is 24.8. The molecule has 0 bridgehead atoms. The lowest BCUT2D eigenvalue weighted by molar-refractivity contribution is 0.102. The minimum Gasteiger partial charge on any atom is -0.340 e. The van der Waals surface area contributed by atoms with E-state index in [1.54, 1.807) is 12.1 Å². The van der Waals surface area contributed by atoms with Crippen molar-refractivity contribution in [3.63, 3.8) is 0 Å². The number of nitrogens with one attached hydrogen (secondary N) is 2. The van der Waals surface area contributed by atoms with Gasteiger partial charge in [0.15, 0.2) is 0 Å². The molecule has 5 nitrogen and oxygen atoms in total. The highest BCUT2D eigenvalue weighted by Gasteiger charge is 2.08. The first kappa shape index (κ1) is 19.8. The average Bonchev–Trinajstić information content (AvgIpc) is 2.76. The van der Waals surface area contributed by atoms with E-state index in [1.165, 1.54) is 11.9 Å². The fourth-order valence-electron chi connectivity index (χ4n) is 2.93. The number of hydrogen-bond acceptors (Lipinski definition) is 4. The summed E-state index contributed by atoms with van der Waals surface area (Å²) in [5.41, 5.74) is 5.11. The molecule has 0 atom stereocenters. The highest BCUT2D eigenvalue weighted by atomic mass is 79.9. The molecule has 0 unspecified atom stereocenters. The summed E-state index contributed by atoms with van der Waals surface area (Å²) in [6.45, 7) is 2.05. The van der Waals surface area contributed by atoms with Gasteiger partial charge in [0.25, 0.3) is 5.91 Å². The second kappa shape index (κ2) is 8.88. The fourth-order valence-corrected chi connectivity index (χ4v) is 3.19. The lowest BCUT2D eigenvalue weighted by Gasteiger charge is -2.10. The van der Waals surface area contributed by atoms with E-state index in [0.29, 0.717) is 11.4 Å². The predicted molar refractivity (Wildman–Crippen MR) is 124 cm³/mol. The van der Waals surface area contributed by atoms with Gasteiger partial charge in [0.2, 0.25) is 0 Å². The number of hydrogen-bond donors (Lipinski definition) is 2. The van der Waals surface area contributed by atoms with E-state index < -0.39 is 0 Å². The third-order valence-electron chi connectivity index (χ3n) is 4.51. The zero-order chi connectivity index (χ0) is 20.9. The molecule has 0 fully saturated rings. The molecule has 4 aromatic rings. The molecule has 0 radical (unpaired) electrons. The molecule has 148 valence electrons. The fraction of sp³-hybridized carbons (Fsp3) is 0.0417. The first-order valence-corrected chi connectivity index (χ1v) is 10.2. The van der Waals surface area contributed by atoms with E-state index in [1.807, 2.05) is 54.6 Å². The third kappa shape index (κ3) is 4.90. The number of rotatable bonds is 5. The van der Waals surface area contributed by atoms with Crippen molar-refractivity contribution in [3.8, 4) is 11.3 Å². The van der Waals surface area contributed by atoms with Crippen LogP contribution >= 0.6 is 15.9 Å². The molecule has 30 heavy (non-hydrogen) atoms. The molecule has 6 heteroatoms. The standard InChI is InChI=1S/C24H19BrN4O/c1-16-5-7-17(8-6-16)22-14-23(27-15-26-22)28-21-4-2-3-18(13-21)24(30)29-20-11-9-19(25)10-12-20/h2-15H,1H3,(H,29,30)(H,26,27,28). The average molecular weight is 459 g/mol. The zero-order valence-electron chi connectivity index (χ0n) is 16.3. The minimum absolute atomic E-state index is 0.177. The maximum absolute atomic E-state index is 12.6. The van der Waals surface area contributed by atoms with Gasteiger partial charge in [0.05, 0.1) is 5.69 Å². The van der Waals surface area contributed by atoms with Crippen LogP contribution < -0.4 is 10.6 Å². The van der Waals surface area contributed by atoms with Gasteiger partial charge in [-0.25, -0.2) is 9.97 Å². The van der Waals surface area contributed by atoms with E-state index in [-0.39, 0.29) is 5.91 Å². The summed E-state index contributed by atoms with van der Waals surface area (Å²) in [4.78, 5) is 21.3. The highest BCUT2D eigenvalue weighted by Crippen LogP contribution is 2.22. The highest BCUT2D eigenvalue weighted by molar-refractivity contribution is 9.10. The molecule has 1 aromatic heterocycles. The number of halogens is 1. The Morgan fingerprint density at radius 2 is 1.63 bits per heavy atom. The van der Waals surface area contributed by atoms with Crippen molar-refractivity contribution in [2.45, 2.75) is 6.92 Å². The topological polar surface area (TPSA) is 66.9 Å². The number of aryl methyl sites for hydroxylation is 1. The van der Waals surface area contributed by atoms with E-state index in [4.69, 9.17) is 0 Å².